The van der Waals surface area contributed by atoms with Crippen molar-refractivity contribution in [1.29, 1.82) is 0 Å². The number of aliphatic carboxylic acids is 1. The molecule has 0 amide bonds. The number of hydrogen-bond donors (Lipinski definition) is 3. The fraction of sp³-hybridized carbons (Fsp3) is 0.0769. The number of benzene rings is 3. The van der Waals surface area contributed by atoms with Gasteiger partial charge in [-0.05, 0) is 66.9 Å². The molecule has 0 saturated carbocycles. The van der Waals surface area contributed by atoms with E-state index in [-0.39, 0.29) is 22.3 Å². The Balaban J connectivity index is 1.78. The predicted octanol–water partition coefficient (Wildman–Crippen LogP) is 6.07. The van der Waals surface area contributed by atoms with Crippen molar-refractivity contribution in [3.63, 3.8) is 0 Å². The van der Waals surface area contributed by atoms with Gasteiger partial charge in [0.25, 0.3) is 0 Å². The van der Waals surface area contributed by atoms with Gasteiger partial charge in [-0.15, -0.1) is 0 Å². The third kappa shape index (κ3) is 4.47. The predicted molar refractivity (Wildman–Crippen MR) is 131 cm³/mol. The fourth-order valence-electron chi connectivity index (χ4n) is 3.80. The van der Waals surface area contributed by atoms with Gasteiger partial charge in [0.1, 0.15) is 16.5 Å². The minimum Gasteiger partial charge on any atom is -0.506 e. The molecule has 4 rings (SSSR count). The maximum atomic E-state index is 11.1. The van der Waals surface area contributed by atoms with Gasteiger partial charge in [-0.3, -0.25) is 9.56 Å². The number of phenols is 1. The smallest absolute Gasteiger partial charge is 0.347 e. The highest BCUT2D eigenvalue weighted by Gasteiger charge is 2.17. The van der Waals surface area contributed by atoms with Crippen LogP contribution in [0.15, 0.2) is 70.7 Å². The zero-order valence-corrected chi connectivity index (χ0v) is 18.7. The summed E-state index contributed by atoms with van der Waals surface area (Å²) >= 11 is 5.65. The van der Waals surface area contributed by atoms with Gasteiger partial charge in [0, 0.05) is 17.3 Å². The second-order valence-electron chi connectivity index (χ2n) is 7.74. The topological polar surface area (TPSA) is 95.0 Å². The number of aliphatic imine (C=N–C) groups is 1. The first-order valence-electron chi connectivity index (χ1n) is 10.1. The number of phenolic OH excluding ortho intramolecular Hbond substituents is 1. The molecular weight excluding hydrogens is 440 g/mol. The third-order valence-corrected chi connectivity index (χ3v) is 5.45. The van der Waals surface area contributed by atoms with Gasteiger partial charge in [-0.1, -0.05) is 41.9 Å². The molecule has 0 aliphatic rings. The number of aromatic hydroxyl groups is 2. The molecular formula is C26H21ClN2O4. The largest absolute Gasteiger partial charge is 0.506 e. The van der Waals surface area contributed by atoms with Crippen LogP contribution in [0.25, 0.3) is 22.7 Å². The maximum absolute atomic E-state index is 11.1. The van der Waals surface area contributed by atoms with E-state index >= 15 is 0 Å². The first-order valence-corrected chi connectivity index (χ1v) is 10.5. The molecule has 1 aromatic heterocycles. The summed E-state index contributed by atoms with van der Waals surface area (Å²) < 4.78 is 1.78. The van der Waals surface area contributed by atoms with Crippen molar-refractivity contribution in [2.45, 2.75) is 13.8 Å². The number of para-hydroxylation sites is 1. The molecule has 0 unspecified atom stereocenters. The zero-order valence-electron chi connectivity index (χ0n) is 18.0. The van der Waals surface area contributed by atoms with Gasteiger partial charge in [-0.2, -0.15) is 0 Å². The molecule has 166 valence electrons. The van der Waals surface area contributed by atoms with Crippen LogP contribution < -0.4 is 0 Å². The van der Waals surface area contributed by atoms with E-state index in [9.17, 15) is 15.0 Å². The van der Waals surface area contributed by atoms with Crippen molar-refractivity contribution in [2.75, 3.05) is 0 Å². The van der Waals surface area contributed by atoms with Crippen LogP contribution in [0.5, 0.6) is 11.6 Å². The highest BCUT2D eigenvalue weighted by Crippen LogP contribution is 2.35. The fourth-order valence-corrected chi connectivity index (χ4v) is 3.93. The molecule has 7 heteroatoms. The molecule has 3 aromatic carbocycles. The number of carboxylic acids is 1. The zero-order chi connectivity index (χ0) is 23.7. The van der Waals surface area contributed by atoms with Gasteiger partial charge >= 0.3 is 5.97 Å². The summed E-state index contributed by atoms with van der Waals surface area (Å²) in [5, 5.41) is 30.8. The highest BCUT2D eigenvalue weighted by molar-refractivity contribution is 6.43. The van der Waals surface area contributed by atoms with E-state index in [1.165, 1.54) is 18.4 Å². The van der Waals surface area contributed by atoms with Crippen LogP contribution in [0.4, 0.5) is 5.69 Å². The Kier molecular flexibility index (Phi) is 5.94. The van der Waals surface area contributed by atoms with Crippen LogP contribution in [0.2, 0.25) is 0 Å². The third-order valence-electron chi connectivity index (χ3n) is 5.18. The molecule has 0 aliphatic carbocycles. The van der Waals surface area contributed by atoms with Crippen LogP contribution in [0.1, 0.15) is 22.3 Å². The van der Waals surface area contributed by atoms with E-state index in [1.807, 2.05) is 50.2 Å². The Morgan fingerprint density at radius 3 is 2.36 bits per heavy atom. The average molecular weight is 461 g/mol. The molecule has 0 saturated heterocycles. The number of hydrogen-bond acceptors (Lipinski definition) is 4. The van der Waals surface area contributed by atoms with Gasteiger partial charge in [0.05, 0.1) is 11.1 Å². The second kappa shape index (κ2) is 8.84. The molecule has 0 bridgehead atoms. The molecule has 0 spiro atoms. The van der Waals surface area contributed by atoms with Crippen LogP contribution in [-0.4, -0.2) is 32.1 Å². The van der Waals surface area contributed by atoms with Crippen LogP contribution in [-0.2, 0) is 4.79 Å². The van der Waals surface area contributed by atoms with Crippen molar-refractivity contribution in [2.24, 2.45) is 4.99 Å². The van der Waals surface area contributed by atoms with E-state index < -0.39 is 5.97 Å². The summed E-state index contributed by atoms with van der Waals surface area (Å²) in [5.41, 5.74) is 5.04. The monoisotopic (exact) mass is 460 g/mol. The summed E-state index contributed by atoms with van der Waals surface area (Å²) in [6.07, 6.45) is 2.74. The maximum Gasteiger partial charge on any atom is 0.347 e. The van der Waals surface area contributed by atoms with E-state index in [0.29, 0.717) is 11.1 Å². The molecule has 33 heavy (non-hydrogen) atoms. The Morgan fingerprint density at radius 1 is 1.00 bits per heavy atom. The van der Waals surface area contributed by atoms with E-state index in [0.717, 1.165) is 27.7 Å². The Hall–Kier alpha value is -4.03. The average Bonchev–Trinajstić information content (AvgIpc) is 3.03. The SMILES string of the molecule is Cc1cc(C)cc(-n2c(O)c(C=Nc3ccc(C=C(Cl)C(=O)O)cc3O)c3ccccc32)c1. The van der Waals surface area contributed by atoms with E-state index in [1.54, 1.807) is 16.7 Å². The normalized spacial score (nSPS) is 12.0. The summed E-state index contributed by atoms with van der Waals surface area (Å²) in [6.45, 7) is 4.01. The lowest BCUT2D eigenvalue weighted by molar-refractivity contribution is -0.131. The summed E-state index contributed by atoms with van der Waals surface area (Å²) in [7, 11) is 0. The van der Waals surface area contributed by atoms with Crippen molar-refractivity contribution in [3.8, 4) is 17.3 Å². The van der Waals surface area contributed by atoms with Crippen molar-refractivity contribution in [3.05, 3.63) is 87.9 Å². The number of fused-ring (bicyclic) bond motifs is 1. The molecule has 6 nitrogen and oxygen atoms in total. The van der Waals surface area contributed by atoms with Crippen LogP contribution in [0.3, 0.4) is 0 Å². The lowest BCUT2D eigenvalue weighted by Gasteiger charge is -2.09. The lowest BCUT2D eigenvalue weighted by atomic mass is 10.1. The number of halogens is 1. The van der Waals surface area contributed by atoms with E-state index in [4.69, 9.17) is 16.7 Å². The minimum absolute atomic E-state index is 0.0391. The molecule has 4 aromatic rings. The molecule has 0 fully saturated rings. The molecule has 0 aliphatic heterocycles. The molecule has 0 radical (unpaired) electrons. The quantitative estimate of drug-likeness (QED) is 0.248. The number of carbonyl (C=O) groups is 1. The number of rotatable bonds is 5. The minimum atomic E-state index is -1.26. The molecule has 1 heterocycles. The van der Waals surface area contributed by atoms with Crippen LogP contribution in [0, 0.1) is 13.8 Å². The number of nitrogens with zero attached hydrogens (tertiary/aromatic N) is 2. The Morgan fingerprint density at radius 2 is 1.70 bits per heavy atom. The number of aromatic nitrogens is 1. The van der Waals surface area contributed by atoms with E-state index in [2.05, 4.69) is 11.1 Å². The standard InChI is InChI=1S/C26H21ClN2O4/c1-15-9-16(2)11-18(10-15)29-23-6-4-3-5-19(23)20(25(29)31)14-28-22-8-7-17(13-24(22)30)12-21(27)26(32)33/h3-14,30-31H,1-2H3,(H,32,33). The summed E-state index contributed by atoms with van der Waals surface area (Å²) in [5.74, 6) is -1.36. The van der Waals surface area contributed by atoms with Gasteiger partial charge in [0.15, 0.2) is 0 Å². The molecule has 3 N–H and O–H groups in total. The first kappa shape index (κ1) is 22.2. The molecule has 0 atom stereocenters. The van der Waals surface area contributed by atoms with Gasteiger partial charge in [0.2, 0.25) is 5.88 Å². The van der Waals surface area contributed by atoms with Crippen molar-refractivity contribution < 1.29 is 20.1 Å². The van der Waals surface area contributed by atoms with Crippen LogP contribution >= 0.6 is 11.6 Å². The van der Waals surface area contributed by atoms with Crippen molar-refractivity contribution in [1.82, 2.24) is 4.57 Å². The second-order valence-corrected chi connectivity index (χ2v) is 8.15. The Bertz CT molecular complexity index is 1430. The highest BCUT2D eigenvalue weighted by atomic mass is 35.5. The summed E-state index contributed by atoms with van der Waals surface area (Å²) in [6, 6.07) is 18.2. The van der Waals surface area contributed by atoms with Gasteiger partial charge < -0.3 is 15.3 Å². The summed E-state index contributed by atoms with van der Waals surface area (Å²) in [4.78, 5) is 15.2. The number of carboxylic acid groups (broad SMARTS) is 1. The Labute approximate surface area is 195 Å². The van der Waals surface area contributed by atoms with Crippen molar-refractivity contribution >= 4 is 46.5 Å². The first-order chi connectivity index (χ1) is 15.7. The lowest BCUT2D eigenvalue weighted by Crippen LogP contribution is -1.95. The van der Waals surface area contributed by atoms with Gasteiger partial charge in [-0.25, -0.2) is 4.79 Å². The number of aryl methyl sites for hydroxylation is 2.